The second-order valence-electron chi connectivity index (χ2n) is 4.62. The Morgan fingerprint density at radius 3 is 3.00 bits per heavy atom. The van der Waals surface area contributed by atoms with Crippen LogP contribution in [0.5, 0.6) is 0 Å². The number of aromatic nitrogens is 2. The summed E-state index contributed by atoms with van der Waals surface area (Å²) >= 11 is 3.54. The van der Waals surface area contributed by atoms with E-state index in [0.29, 0.717) is 5.76 Å². The summed E-state index contributed by atoms with van der Waals surface area (Å²) in [7, 11) is 0. The highest BCUT2D eigenvalue weighted by Crippen LogP contribution is 2.32. The fraction of sp³-hybridized carbons (Fsp3) is 0.200. The molecule has 2 N–H and O–H groups in total. The van der Waals surface area contributed by atoms with Crippen LogP contribution < -0.4 is 5.73 Å². The van der Waals surface area contributed by atoms with E-state index in [1.807, 2.05) is 37.3 Å². The van der Waals surface area contributed by atoms with Crippen LogP contribution >= 0.6 is 15.9 Å². The Morgan fingerprint density at radius 2 is 2.20 bits per heavy atom. The zero-order chi connectivity index (χ0) is 14.1. The predicted octanol–water partition coefficient (Wildman–Crippen LogP) is 4.06. The molecule has 0 bridgehead atoms. The molecule has 1 atom stereocenters. The number of halogens is 1. The van der Waals surface area contributed by atoms with Crippen molar-refractivity contribution in [1.29, 1.82) is 0 Å². The second kappa shape index (κ2) is 5.34. The maximum Gasteiger partial charge on any atom is 0.154 e. The van der Waals surface area contributed by atoms with E-state index in [9.17, 15) is 0 Å². The third kappa shape index (κ3) is 2.23. The number of nitrogens with zero attached hydrogens (tertiary/aromatic N) is 2. The van der Waals surface area contributed by atoms with Crippen LogP contribution in [0.2, 0.25) is 0 Å². The molecule has 4 nitrogen and oxygen atoms in total. The van der Waals surface area contributed by atoms with Gasteiger partial charge in [-0.05, 0) is 24.6 Å². The standard InChI is InChI=1S/C15H14BrN3O/c1-2-12(17)14-8-13(19-20-14)10-5-6-11(16)9-4-3-7-18-15(9)10/h3-8,12H,2,17H2,1H3. The molecule has 0 saturated carbocycles. The van der Waals surface area contributed by atoms with Crippen LogP contribution in [-0.2, 0) is 0 Å². The van der Waals surface area contributed by atoms with Gasteiger partial charge < -0.3 is 10.3 Å². The van der Waals surface area contributed by atoms with Gasteiger partial charge in [0.15, 0.2) is 5.76 Å². The predicted molar refractivity (Wildman–Crippen MR) is 82.2 cm³/mol. The molecular weight excluding hydrogens is 318 g/mol. The maximum atomic E-state index is 5.97. The fourth-order valence-corrected chi connectivity index (χ4v) is 2.59. The Hall–Kier alpha value is -1.72. The van der Waals surface area contributed by atoms with E-state index in [-0.39, 0.29) is 6.04 Å². The molecule has 2 heterocycles. The Balaban J connectivity index is 2.15. The smallest absolute Gasteiger partial charge is 0.154 e. The van der Waals surface area contributed by atoms with Gasteiger partial charge >= 0.3 is 0 Å². The lowest BCUT2D eigenvalue weighted by Gasteiger charge is -2.04. The molecule has 0 amide bonds. The topological polar surface area (TPSA) is 64.9 Å². The molecule has 0 aliphatic rings. The molecule has 1 aromatic carbocycles. The van der Waals surface area contributed by atoms with Crippen LogP contribution in [0.1, 0.15) is 25.1 Å². The van der Waals surface area contributed by atoms with E-state index in [1.165, 1.54) is 0 Å². The number of rotatable bonds is 3. The molecule has 0 aliphatic heterocycles. The molecule has 102 valence electrons. The molecule has 0 aliphatic carbocycles. The van der Waals surface area contributed by atoms with Crippen LogP contribution in [0.15, 0.2) is 45.5 Å². The van der Waals surface area contributed by atoms with E-state index >= 15 is 0 Å². The number of fused-ring (bicyclic) bond motifs is 1. The molecule has 1 unspecified atom stereocenters. The van der Waals surface area contributed by atoms with Crippen LogP contribution in [-0.4, -0.2) is 10.1 Å². The zero-order valence-corrected chi connectivity index (χ0v) is 12.6. The molecule has 20 heavy (non-hydrogen) atoms. The first kappa shape index (κ1) is 13.3. The second-order valence-corrected chi connectivity index (χ2v) is 5.48. The van der Waals surface area contributed by atoms with Gasteiger partial charge in [0, 0.05) is 27.7 Å². The average molecular weight is 332 g/mol. The molecule has 3 rings (SSSR count). The van der Waals surface area contributed by atoms with E-state index in [4.69, 9.17) is 10.3 Å². The summed E-state index contributed by atoms with van der Waals surface area (Å²) < 4.78 is 6.35. The summed E-state index contributed by atoms with van der Waals surface area (Å²) in [5.74, 6) is 0.703. The maximum absolute atomic E-state index is 5.97. The lowest BCUT2D eigenvalue weighted by atomic mass is 10.1. The lowest BCUT2D eigenvalue weighted by Crippen LogP contribution is -2.06. The molecule has 5 heteroatoms. The van der Waals surface area contributed by atoms with Crippen molar-refractivity contribution in [2.45, 2.75) is 19.4 Å². The van der Waals surface area contributed by atoms with Crippen LogP contribution in [0.25, 0.3) is 22.2 Å². The summed E-state index contributed by atoms with van der Waals surface area (Å²) in [6.07, 6.45) is 2.59. The quantitative estimate of drug-likeness (QED) is 0.785. The molecule has 0 spiro atoms. The molecule has 3 aromatic rings. The Bertz CT molecular complexity index is 754. The number of pyridine rings is 1. The lowest BCUT2D eigenvalue weighted by molar-refractivity contribution is 0.360. The minimum absolute atomic E-state index is 0.120. The van der Waals surface area contributed by atoms with Gasteiger partial charge in [-0.1, -0.05) is 34.1 Å². The van der Waals surface area contributed by atoms with Crippen LogP contribution in [0.4, 0.5) is 0 Å². The van der Waals surface area contributed by atoms with Crippen LogP contribution in [0.3, 0.4) is 0 Å². The number of nitrogens with two attached hydrogens (primary N) is 1. The summed E-state index contributed by atoms with van der Waals surface area (Å²) in [5.41, 5.74) is 8.57. The van der Waals surface area contributed by atoms with Crippen molar-refractivity contribution in [3.8, 4) is 11.3 Å². The van der Waals surface area contributed by atoms with Crippen molar-refractivity contribution in [3.63, 3.8) is 0 Å². The summed E-state index contributed by atoms with van der Waals surface area (Å²) in [6, 6.07) is 9.69. The summed E-state index contributed by atoms with van der Waals surface area (Å²) in [5, 5.41) is 5.18. The van der Waals surface area contributed by atoms with Gasteiger partial charge in [0.25, 0.3) is 0 Å². The Kier molecular flexibility index (Phi) is 3.54. The highest BCUT2D eigenvalue weighted by molar-refractivity contribution is 9.10. The first-order valence-corrected chi connectivity index (χ1v) is 7.25. The Morgan fingerprint density at radius 1 is 1.35 bits per heavy atom. The molecule has 2 aromatic heterocycles. The monoisotopic (exact) mass is 331 g/mol. The van der Waals surface area contributed by atoms with Crippen molar-refractivity contribution >= 4 is 26.8 Å². The summed E-state index contributed by atoms with van der Waals surface area (Å²) in [4.78, 5) is 4.45. The molecular formula is C15H14BrN3O. The van der Waals surface area contributed by atoms with Crippen molar-refractivity contribution in [3.05, 3.63) is 46.8 Å². The largest absolute Gasteiger partial charge is 0.359 e. The zero-order valence-electron chi connectivity index (χ0n) is 11.0. The van der Waals surface area contributed by atoms with Gasteiger partial charge in [-0.15, -0.1) is 0 Å². The summed E-state index contributed by atoms with van der Waals surface area (Å²) in [6.45, 7) is 2.02. The highest BCUT2D eigenvalue weighted by Gasteiger charge is 2.15. The van der Waals surface area contributed by atoms with Gasteiger partial charge in [-0.25, -0.2) is 0 Å². The van der Waals surface area contributed by atoms with Gasteiger partial charge in [0.05, 0.1) is 11.6 Å². The average Bonchev–Trinajstić information content (AvgIpc) is 2.97. The van der Waals surface area contributed by atoms with E-state index in [2.05, 4.69) is 26.1 Å². The van der Waals surface area contributed by atoms with Crippen molar-refractivity contribution < 1.29 is 4.52 Å². The fourth-order valence-electron chi connectivity index (χ4n) is 2.14. The first-order chi connectivity index (χ1) is 9.70. The SMILES string of the molecule is CCC(N)c1cc(-c2ccc(Br)c3cccnc23)no1. The minimum Gasteiger partial charge on any atom is -0.359 e. The molecule has 0 saturated heterocycles. The van der Waals surface area contributed by atoms with Crippen molar-refractivity contribution in [2.75, 3.05) is 0 Å². The van der Waals surface area contributed by atoms with Crippen molar-refractivity contribution in [2.24, 2.45) is 5.73 Å². The first-order valence-electron chi connectivity index (χ1n) is 6.46. The van der Waals surface area contributed by atoms with E-state index < -0.39 is 0 Å². The number of hydrogen-bond acceptors (Lipinski definition) is 4. The minimum atomic E-state index is -0.120. The third-order valence-electron chi connectivity index (χ3n) is 3.33. The van der Waals surface area contributed by atoms with Gasteiger partial charge in [-0.3, -0.25) is 4.98 Å². The van der Waals surface area contributed by atoms with E-state index in [0.717, 1.165) is 33.1 Å². The van der Waals surface area contributed by atoms with Gasteiger partial charge in [-0.2, -0.15) is 0 Å². The molecule has 0 fully saturated rings. The van der Waals surface area contributed by atoms with Crippen molar-refractivity contribution in [1.82, 2.24) is 10.1 Å². The normalized spacial score (nSPS) is 12.8. The van der Waals surface area contributed by atoms with Gasteiger partial charge in [0.2, 0.25) is 0 Å². The third-order valence-corrected chi connectivity index (χ3v) is 4.02. The van der Waals surface area contributed by atoms with Gasteiger partial charge in [0.1, 0.15) is 5.69 Å². The Labute approximate surface area is 125 Å². The van der Waals surface area contributed by atoms with Crippen LogP contribution in [0, 0.1) is 0 Å². The molecule has 0 radical (unpaired) electrons. The number of benzene rings is 1. The highest BCUT2D eigenvalue weighted by atomic mass is 79.9. The van der Waals surface area contributed by atoms with E-state index in [1.54, 1.807) is 6.20 Å². The number of hydrogen-bond donors (Lipinski definition) is 1.